The summed E-state index contributed by atoms with van der Waals surface area (Å²) in [7, 11) is 0. The molecule has 4 N–H and O–H groups in total. The summed E-state index contributed by atoms with van der Waals surface area (Å²) in [5.41, 5.74) is 5.42. The number of nitrogens with one attached hydrogen (secondary N) is 2. The van der Waals surface area contributed by atoms with E-state index in [1.807, 2.05) is 6.92 Å². The van der Waals surface area contributed by atoms with E-state index in [1.54, 1.807) is 0 Å². The molecule has 0 aliphatic heterocycles. The molecule has 0 heterocycles. The molecule has 0 aromatic heterocycles. The van der Waals surface area contributed by atoms with Crippen LogP contribution in [0.1, 0.15) is 32.6 Å². The van der Waals surface area contributed by atoms with Crippen molar-refractivity contribution in [1.82, 2.24) is 10.6 Å². The van der Waals surface area contributed by atoms with Crippen LogP contribution in [0, 0.1) is 0 Å². The summed E-state index contributed by atoms with van der Waals surface area (Å²) in [4.78, 5) is 11.8. The van der Waals surface area contributed by atoms with Gasteiger partial charge in [-0.3, -0.25) is 0 Å². The second-order valence-corrected chi connectivity index (χ2v) is 4.19. The van der Waals surface area contributed by atoms with E-state index < -0.39 is 0 Å². The summed E-state index contributed by atoms with van der Waals surface area (Å²) in [6, 6.07) is 0.346. The van der Waals surface area contributed by atoms with Crippen molar-refractivity contribution in [2.75, 3.05) is 0 Å². The summed E-state index contributed by atoms with van der Waals surface area (Å²) in [5.74, 6) is 0. The van der Waals surface area contributed by atoms with Gasteiger partial charge in [-0.15, -0.1) is 0 Å². The third-order valence-corrected chi connectivity index (χ3v) is 2.35. The van der Waals surface area contributed by atoms with E-state index in [9.17, 15) is 4.79 Å². The standard InChI is InChI=1S/C9H17N3OS/c1-2-6(5-8(10)14)11-9(13)12-7-3-4-7/h6-7H,2-5H2,1H3,(H2,10,14)(H2,11,12,13). The molecule has 80 valence electrons. The Morgan fingerprint density at radius 1 is 1.64 bits per heavy atom. The molecule has 1 atom stereocenters. The van der Waals surface area contributed by atoms with Gasteiger partial charge >= 0.3 is 6.03 Å². The number of hydrogen-bond acceptors (Lipinski definition) is 2. The number of carbonyl (C=O) groups is 1. The highest BCUT2D eigenvalue weighted by atomic mass is 32.1. The Labute approximate surface area is 89.6 Å². The molecule has 0 bridgehead atoms. The molecule has 2 amide bonds. The average Bonchev–Trinajstić information content (AvgIpc) is 2.86. The summed E-state index contributed by atoms with van der Waals surface area (Å²) in [6.45, 7) is 2.00. The summed E-state index contributed by atoms with van der Waals surface area (Å²) >= 11 is 4.80. The predicted octanol–water partition coefficient (Wildman–Crippen LogP) is 0.903. The van der Waals surface area contributed by atoms with Crippen molar-refractivity contribution < 1.29 is 4.79 Å². The Hall–Kier alpha value is -0.840. The molecule has 0 aromatic carbocycles. The van der Waals surface area contributed by atoms with Crippen LogP contribution in [0.25, 0.3) is 0 Å². The third kappa shape index (κ3) is 4.41. The van der Waals surface area contributed by atoms with Crippen LogP contribution >= 0.6 is 12.2 Å². The molecule has 0 aromatic rings. The zero-order chi connectivity index (χ0) is 10.6. The van der Waals surface area contributed by atoms with E-state index in [4.69, 9.17) is 18.0 Å². The van der Waals surface area contributed by atoms with Crippen molar-refractivity contribution in [3.63, 3.8) is 0 Å². The van der Waals surface area contributed by atoms with Crippen LogP contribution in [0.15, 0.2) is 0 Å². The van der Waals surface area contributed by atoms with Gasteiger partial charge < -0.3 is 16.4 Å². The zero-order valence-electron chi connectivity index (χ0n) is 8.38. The van der Waals surface area contributed by atoms with Gasteiger partial charge in [0.15, 0.2) is 0 Å². The van der Waals surface area contributed by atoms with Crippen molar-refractivity contribution >= 4 is 23.2 Å². The number of hydrogen-bond donors (Lipinski definition) is 3. The SMILES string of the molecule is CCC(CC(N)=S)NC(=O)NC1CC1. The van der Waals surface area contributed by atoms with Gasteiger partial charge in [0.1, 0.15) is 0 Å². The van der Waals surface area contributed by atoms with Crippen molar-refractivity contribution in [2.24, 2.45) is 5.73 Å². The highest BCUT2D eigenvalue weighted by Gasteiger charge is 2.23. The molecular formula is C9H17N3OS. The monoisotopic (exact) mass is 215 g/mol. The number of amides is 2. The first-order chi connectivity index (χ1) is 6.61. The Morgan fingerprint density at radius 3 is 2.71 bits per heavy atom. The van der Waals surface area contributed by atoms with Gasteiger partial charge in [0, 0.05) is 18.5 Å². The van der Waals surface area contributed by atoms with Gasteiger partial charge in [0.25, 0.3) is 0 Å². The predicted molar refractivity (Wildman–Crippen MR) is 60.2 cm³/mol. The van der Waals surface area contributed by atoms with E-state index in [0.29, 0.717) is 17.5 Å². The van der Waals surface area contributed by atoms with Crippen LogP contribution < -0.4 is 16.4 Å². The fourth-order valence-corrected chi connectivity index (χ4v) is 1.38. The van der Waals surface area contributed by atoms with E-state index in [2.05, 4.69) is 10.6 Å². The third-order valence-electron chi connectivity index (χ3n) is 2.19. The highest BCUT2D eigenvalue weighted by molar-refractivity contribution is 7.80. The highest BCUT2D eigenvalue weighted by Crippen LogP contribution is 2.18. The lowest BCUT2D eigenvalue weighted by atomic mass is 10.1. The maximum absolute atomic E-state index is 11.3. The Morgan fingerprint density at radius 2 is 2.29 bits per heavy atom. The Balaban J connectivity index is 2.23. The molecular weight excluding hydrogens is 198 g/mol. The molecule has 5 heteroatoms. The maximum Gasteiger partial charge on any atom is 0.315 e. The van der Waals surface area contributed by atoms with Crippen LogP contribution in [-0.4, -0.2) is 23.1 Å². The van der Waals surface area contributed by atoms with Gasteiger partial charge in [-0.1, -0.05) is 19.1 Å². The van der Waals surface area contributed by atoms with Crippen LogP contribution in [0.2, 0.25) is 0 Å². The average molecular weight is 215 g/mol. The largest absolute Gasteiger partial charge is 0.393 e. The van der Waals surface area contributed by atoms with E-state index in [-0.39, 0.29) is 12.1 Å². The minimum Gasteiger partial charge on any atom is -0.393 e. The smallest absolute Gasteiger partial charge is 0.315 e. The zero-order valence-corrected chi connectivity index (χ0v) is 9.19. The molecule has 4 nitrogen and oxygen atoms in total. The molecule has 1 rings (SSSR count). The lowest BCUT2D eigenvalue weighted by Gasteiger charge is -2.16. The maximum atomic E-state index is 11.3. The first kappa shape index (κ1) is 11.2. The molecule has 1 aliphatic carbocycles. The van der Waals surface area contributed by atoms with Gasteiger partial charge in [-0.25, -0.2) is 4.79 Å². The summed E-state index contributed by atoms with van der Waals surface area (Å²) in [6.07, 6.45) is 3.61. The van der Waals surface area contributed by atoms with Crippen molar-refractivity contribution in [3.05, 3.63) is 0 Å². The van der Waals surface area contributed by atoms with Gasteiger partial charge in [-0.05, 0) is 19.3 Å². The summed E-state index contributed by atoms with van der Waals surface area (Å²) in [5, 5.41) is 5.71. The molecule has 1 unspecified atom stereocenters. The molecule has 0 radical (unpaired) electrons. The topological polar surface area (TPSA) is 67.1 Å². The summed E-state index contributed by atoms with van der Waals surface area (Å²) < 4.78 is 0. The van der Waals surface area contributed by atoms with Crippen LogP contribution in [0.5, 0.6) is 0 Å². The Kier molecular flexibility index (Phi) is 4.13. The Bertz CT molecular complexity index is 228. The van der Waals surface area contributed by atoms with Crippen LogP contribution in [0.3, 0.4) is 0 Å². The number of urea groups is 1. The molecule has 1 fully saturated rings. The van der Waals surface area contributed by atoms with E-state index in [0.717, 1.165) is 19.3 Å². The molecule has 1 aliphatic rings. The lowest BCUT2D eigenvalue weighted by molar-refractivity contribution is 0.236. The minimum atomic E-state index is -0.101. The normalized spacial score (nSPS) is 17.2. The first-order valence-electron chi connectivity index (χ1n) is 4.97. The van der Waals surface area contributed by atoms with Gasteiger partial charge in [0.05, 0.1) is 4.99 Å². The molecule has 0 saturated heterocycles. The van der Waals surface area contributed by atoms with Crippen molar-refractivity contribution in [2.45, 2.75) is 44.7 Å². The van der Waals surface area contributed by atoms with Gasteiger partial charge in [-0.2, -0.15) is 0 Å². The number of thiocarbonyl (C=S) groups is 1. The second-order valence-electron chi connectivity index (χ2n) is 3.67. The quantitative estimate of drug-likeness (QED) is 0.597. The second kappa shape index (κ2) is 5.14. The fourth-order valence-electron chi connectivity index (χ4n) is 1.18. The van der Waals surface area contributed by atoms with E-state index in [1.165, 1.54) is 0 Å². The molecule has 14 heavy (non-hydrogen) atoms. The van der Waals surface area contributed by atoms with Crippen molar-refractivity contribution in [1.29, 1.82) is 0 Å². The first-order valence-corrected chi connectivity index (χ1v) is 5.38. The van der Waals surface area contributed by atoms with E-state index >= 15 is 0 Å². The number of carbonyl (C=O) groups excluding carboxylic acids is 1. The fraction of sp³-hybridized carbons (Fsp3) is 0.778. The van der Waals surface area contributed by atoms with Gasteiger partial charge in [0.2, 0.25) is 0 Å². The molecule has 0 spiro atoms. The van der Waals surface area contributed by atoms with Crippen LogP contribution in [-0.2, 0) is 0 Å². The lowest BCUT2D eigenvalue weighted by Crippen LogP contribution is -2.44. The number of nitrogens with two attached hydrogens (primary N) is 1. The van der Waals surface area contributed by atoms with Crippen molar-refractivity contribution in [3.8, 4) is 0 Å². The van der Waals surface area contributed by atoms with Crippen LogP contribution in [0.4, 0.5) is 4.79 Å². The number of rotatable bonds is 5. The molecule has 1 saturated carbocycles. The minimum absolute atomic E-state index is 0.0613.